The molecule has 0 atom stereocenters. The number of anilines is 1. The number of thioether (sulfide) groups is 1. The number of nitrogens with zero attached hydrogens (tertiary/aromatic N) is 1. The zero-order valence-corrected chi connectivity index (χ0v) is 18.2. The molecule has 1 fully saturated rings. The number of nitrogens with one attached hydrogen (secondary N) is 2. The van der Waals surface area contributed by atoms with Crippen LogP contribution in [-0.2, 0) is 16.1 Å². The van der Waals surface area contributed by atoms with Crippen LogP contribution in [-0.4, -0.2) is 57.0 Å². The number of ether oxygens (including phenoxy) is 1. The predicted octanol–water partition coefficient (Wildman–Crippen LogP) is 1.50. The number of rotatable bonds is 7. The Kier molecular flexibility index (Phi) is 7.21. The van der Waals surface area contributed by atoms with Crippen LogP contribution in [0.2, 0.25) is 0 Å². The van der Waals surface area contributed by atoms with Gasteiger partial charge >= 0.3 is 0 Å². The fraction of sp³-hybridized carbons (Fsp3) is 0.391. The first-order valence-electron chi connectivity index (χ1n) is 10.6. The van der Waals surface area contributed by atoms with Crippen molar-refractivity contribution in [3.63, 3.8) is 0 Å². The number of amides is 2. The van der Waals surface area contributed by atoms with E-state index in [1.54, 1.807) is 29.2 Å². The first kappa shape index (κ1) is 21.8. The quantitative estimate of drug-likeness (QED) is 0.636. The summed E-state index contributed by atoms with van der Waals surface area (Å²) in [5, 5.41) is 2.99. The molecule has 164 valence electrons. The van der Waals surface area contributed by atoms with Gasteiger partial charge in [0.25, 0.3) is 5.91 Å². The van der Waals surface area contributed by atoms with E-state index in [9.17, 15) is 14.0 Å². The van der Waals surface area contributed by atoms with Gasteiger partial charge in [-0.15, -0.1) is 11.8 Å². The Morgan fingerprint density at radius 2 is 1.94 bits per heavy atom. The second kappa shape index (κ2) is 10.3. The highest BCUT2D eigenvalue weighted by Crippen LogP contribution is 2.36. The van der Waals surface area contributed by atoms with Gasteiger partial charge in [0.05, 0.1) is 37.7 Å². The lowest BCUT2D eigenvalue weighted by molar-refractivity contribution is -0.908. The van der Waals surface area contributed by atoms with E-state index >= 15 is 0 Å². The molecule has 0 aliphatic carbocycles. The summed E-state index contributed by atoms with van der Waals surface area (Å²) in [6.07, 6.45) is 0.914. The van der Waals surface area contributed by atoms with Gasteiger partial charge in [-0.25, -0.2) is 4.39 Å². The monoisotopic (exact) mass is 444 g/mol. The largest absolute Gasteiger partial charge is 0.370 e. The molecule has 2 amide bonds. The van der Waals surface area contributed by atoms with Crippen LogP contribution in [0.3, 0.4) is 0 Å². The van der Waals surface area contributed by atoms with Crippen molar-refractivity contribution in [3.8, 4) is 0 Å². The average molecular weight is 445 g/mol. The van der Waals surface area contributed by atoms with Gasteiger partial charge in [-0.3, -0.25) is 9.59 Å². The second-order valence-electron chi connectivity index (χ2n) is 7.80. The van der Waals surface area contributed by atoms with Gasteiger partial charge in [0.1, 0.15) is 18.9 Å². The van der Waals surface area contributed by atoms with Gasteiger partial charge in [-0.2, -0.15) is 0 Å². The minimum atomic E-state index is -0.307. The molecule has 0 aromatic heterocycles. The number of carbonyl (C=O) groups is 2. The third kappa shape index (κ3) is 5.64. The zero-order valence-electron chi connectivity index (χ0n) is 17.4. The average Bonchev–Trinajstić information content (AvgIpc) is 2.80. The highest BCUT2D eigenvalue weighted by atomic mass is 32.2. The Labute approximate surface area is 185 Å². The minimum absolute atomic E-state index is 0.0205. The smallest absolute Gasteiger partial charge is 0.251 e. The maximum atomic E-state index is 13.2. The SMILES string of the molecule is O=C(NCCC[NH+]1CCOCC1)c1ccc2c(c1)N(Cc1ccc(F)cc1)C(=O)CS2. The van der Waals surface area contributed by atoms with Crippen LogP contribution < -0.4 is 15.1 Å². The summed E-state index contributed by atoms with van der Waals surface area (Å²) >= 11 is 1.48. The summed E-state index contributed by atoms with van der Waals surface area (Å²) in [5.74, 6) is -0.111. The van der Waals surface area contributed by atoms with Gasteiger partial charge in [0.2, 0.25) is 5.91 Å². The number of quaternary nitrogens is 1. The minimum Gasteiger partial charge on any atom is -0.370 e. The van der Waals surface area contributed by atoms with Gasteiger partial charge in [-0.1, -0.05) is 12.1 Å². The van der Waals surface area contributed by atoms with Gasteiger partial charge in [-0.05, 0) is 35.9 Å². The molecule has 2 heterocycles. The number of fused-ring (bicyclic) bond motifs is 1. The van der Waals surface area contributed by atoms with Crippen molar-refractivity contribution >= 4 is 29.3 Å². The van der Waals surface area contributed by atoms with E-state index in [0.29, 0.717) is 24.4 Å². The molecule has 6 nitrogen and oxygen atoms in total. The molecule has 2 aromatic carbocycles. The van der Waals surface area contributed by atoms with E-state index in [0.717, 1.165) is 55.4 Å². The summed E-state index contributed by atoms with van der Waals surface area (Å²) in [5.41, 5.74) is 2.11. The Morgan fingerprint density at radius 3 is 2.71 bits per heavy atom. The van der Waals surface area contributed by atoms with E-state index in [-0.39, 0.29) is 17.6 Å². The number of benzene rings is 2. The first-order chi connectivity index (χ1) is 15.1. The lowest BCUT2D eigenvalue weighted by Gasteiger charge is -2.29. The first-order valence-corrected chi connectivity index (χ1v) is 11.6. The molecule has 0 radical (unpaired) electrons. The van der Waals surface area contributed by atoms with E-state index in [4.69, 9.17) is 4.74 Å². The predicted molar refractivity (Wildman–Crippen MR) is 118 cm³/mol. The van der Waals surface area contributed by atoms with Crippen LogP contribution in [0.4, 0.5) is 10.1 Å². The normalized spacial score (nSPS) is 16.8. The van der Waals surface area contributed by atoms with E-state index in [1.807, 2.05) is 6.07 Å². The number of morpholine rings is 1. The van der Waals surface area contributed by atoms with Crippen LogP contribution in [0.5, 0.6) is 0 Å². The third-order valence-corrected chi connectivity index (χ3v) is 6.66. The highest BCUT2D eigenvalue weighted by molar-refractivity contribution is 8.00. The van der Waals surface area contributed by atoms with Crippen molar-refractivity contribution < 1.29 is 23.6 Å². The summed E-state index contributed by atoms with van der Waals surface area (Å²) in [6, 6.07) is 11.6. The summed E-state index contributed by atoms with van der Waals surface area (Å²) in [7, 11) is 0. The zero-order chi connectivity index (χ0) is 21.6. The van der Waals surface area contributed by atoms with Crippen LogP contribution in [0, 0.1) is 5.82 Å². The van der Waals surface area contributed by atoms with Crippen LogP contribution in [0.25, 0.3) is 0 Å². The van der Waals surface area contributed by atoms with Gasteiger partial charge < -0.3 is 19.9 Å². The van der Waals surface area contributed by atoms with Crippen LogP contribution >= 0.6 is 11.8 Å². The maximum Gasteiger partial charge on any atom is 0.251 e. The summed E-state index contributed by atoms with van der Waals surface area (Å²) < 4.78 is 18.6. The van der Waals surface area contributed by atoms with Crippen molar-refractivity contribution in [1.29, 1.82) is 0 Å². The molecule has 31 heavy (non-hydrogen) atoms. The number of hydrogen-bond donors (Lipinski definition) is 2. The standard InChI is InChI=1S/C23H26FN3O3S/c24-19-5-2-17(3-6-19)15-27-20-14-18(4-7-21(20)31-16-22(27)28)23(29)25-8-1-9-26-10-12-30-13-11-26/h2-7,14H,1,8-13,15-16H2,(H,25,29)/p+1. The van der Waals surface area contributed by atoms with Crippen LogP contribution in [0.1, 0.15) is 22.3 Å². The number of carbonyl (C=O) groups excluding carboxylic acids is 2. The molecule has 8 heteroatoms. The lowest BCUT2D eigenvalue weighted by atomic mass is 10.1. The molecule has 2 aliphatic rings. The molecule has 1 saturated heterocycles. The summed E-state index contributed by atoms with van der Waals surface area (Å²) in [6.45, 7) is 5.64. The fourth-order valence-corrected chi connectivity index (χ4v) is 4.76. The maximum absolute atomic E-state index is 13.2. The topological polar surface area (TPSA) is 63.1 Å². The van der Waals surface area contributed by atoms with Crippen molar-refractivity contribution in [1.82, 2.24) is 5.32 Å². The number of hydrogen-bond acceptors (Lipinski definition) is 4. The molecular weight excluding hydrogens is 417 g/mol. The van der Waals surface area contributed by atoms with E-state index in [1.165, 1.54) is 28.8 Å². The van der Waals surface area contributed by atoms with Crippen molar-refractivity contribution in [2.45, 2.75) is 17.9 Å². The third-order valence-electron chi connectivity index (χ3n) is 5.61. The molecule has 0 unspecified atom stereocenters. The number of halogens is 1. The molecule has 0 bridgehead atoms. The molecule has 4 rings (SSSR count). The van der Waals surface area contributed by atoms with Crippen LogP contribution in [0.15, 0.2) is 47.4 Å². The highest BCUT2D eigenvalue weighted by Gasteiger charge is 2.26. The molecule has 0 saturated carbocycles. The Morgan fingerprint density at radius 1 is 1.16 bits per heavy atom. The molecule has 2 aromatic rings. The molecule has 2 N–H and O–H groups in total. The summed E-state index contributed by atoms with van der Waals surface area (Å²) in [4.78, 5) is 29.4. The van der Waals surface area contributed by atoms with Crippen molar-refractivity contribution in [2.75, 3.05) is 50.0 Å². The van der Waals surface area contributed by atoms with Crippen molar-refractivity contribution in [3.05, 3.63) is 59.4 Å². The Hall–Kier alpha value is -2.42. The Balaban J connectivity index is 1.39. The van der Waals surface area contributed by atoms with Gasteiger partial charge in [0, 0.05) is 23.4 Å². The lowest BCUT2D eigenvalue weighted by Crippen LogP contribution is -3.14. The van der Waals surface area contributed by atoms with E-state index in [2.05, 4.69) is 5.32 Å². The fourth-order valence-electron chi connectivity index (χ4n) is 3.84. The second-order valence-corrected chi connectivity index (χ2v) is 8.82. The Bertz CT molecular complexity index is 932. The molecule has 2 aliphatic heterocycles. The molecular formula is C23H27FN3O3S+. The van der Waals surface area contributed by atoms with Gasteiger partial charge in [0.15, 0.2) is 0 Å². The molecule has 0 spiro atoms. The van der Waals surface area contributed by atoms with E-state index < -0.39 is 0 Å². The van der Waals surface area contributed by atoms with Crippen molar-refractivity contribution in [2.24, 2.45) is 0 Å².